The Morgan fingerprint density at radius 3 is 3.04 bits per heavy atom. The van der Waals surface area contributed by atoms with Gasteiger partial charge in [0.1, 0.15) is 18.3 Å². The molecule has 0 bridgehead atoms. The Morgan fingerprint density at radius 1 is 1.28 bits per heavy atom. The minimum atomic E-state index is -0.197. The Bertz CT molecular complexity index is 1040. The SMILES string of the molecule is Cc1ccn2cc(CNC(=O)c3ccnc(-n4cncn4)c3)nc2c1. The van der Waals surface area contributed by atoms with Crippen molar-refractivity contribution < 1.29 is 4.79 Å². The van der Waals surface area contributed by atoms with E-state index in [1.807, 2.05) is 35.9 Å². The van der Waals surface area contributed by atoms with E-state index in [-0.39, 0.29) is 5.91 Å². The lowest BCUT2D eigenvalue weighted by atomic mass is 10.2. The second kappa shape index (κ2) is 6.16. The highest BCUT2D eigenvalue weighted by Gasteiger charge is 2.09. The van der Waals surface area contributed by atoms with Crippen LogP contribution in [0.3, 0.4) is 0 Å². The largest absolute Gasteiger partial charge is 0.346 e. The number of carbonyl (C=O) groups is 1. The number of aryl methyl sites for hydroxylation is 1. The lowest BCUT2D eigenvalue weighted by Gasteiger charge is -2.05. The second-order valence-electron chi connectivity index (χ2n) is 5.63. The first-order valence-corrected chi connectivity index (χ1v) is 7.72. The number of amides is 1. The third-order valence-corrected chi connectivity index (χ3v) is 3.76. The van der Waals surface area contributed by atoms with Crippen LogP contribution >= 0.6 is 0 Å². The number of nitrogens with one attached hydrogen (secondary N) is 1. The van der Waals surface area contributed by atoms with Gasteiger partial charge in [0.15, 0.2) is 5.82 Å². The molecule has 0 atom stereocenters. The van der Waals surface area contributed by atoms with Crippen LogP contribution in [-0.4, -0.2) is 35.0 Å². The molecule has 0 spiro atoms. The standard InChI is InChI=1S/C17H15N7O/c1-12-3-5-23-9-14(22-16(23)6-12)8-20-17(25)13-2-4-19-15(7-13)24-11-18-10-21-24/h2-7,9-11H,8H2,1H3,(H,20,25). The highest BCUT2D eigenvalue weighted by atomic mass is 16.1. The van der Waals surface area contributed by atoms with Crippen molar-refractivity contribution in [3.63, 3.8) is 0 Å². The monoisotopic (exact) mass is 333 g/mol. The van der Waals surface area contributed by atoms with Crippen molar-refractivity contribution in [2.45, 2.75) is 13.5 Å². The summed E-state index contributed by atoms with van der Waals surface area (Å²) in [5.41, 5.74) is 3.30. The number of hydrogen-bond acceptors (Lipinski definition) is 5. The number of imidazole rings is 1. The number of hydrogen-bond donors (Lipinski definition) is 1. The first kappa shape index (κ1) is 15.0. The summed E-state index contributed by atoms with van der Waals surface area (Å²) in [7, 11) is 0. The third-order valence-electron chi connectivity index (χ3n) is 3.76. The van der Waals surface area contributed by atoms with Crippen LogP contribution in [0.2, 0.25) is 0 Å². The molecule has 0 saturated carbocycles. The summed E-state index contributed by atoms with van der Waals surface area (Å²) in [6.07, 6.45) is 8.38. The van der Waals surface area contributed by atoms with E-state index in [2.05, 4.69) is 25.4 Å². The summed E-state index contributed by atoms with van der Waals surface area (Å²) in [5, 5.41) is 6.89. The predicted molar refractivity (Wildman–Crippen MR) is 90.3 cm³/mol. The van der Waals surface area contributed by atoms with E-state index in [1.165, 1.54) is 17.3 Å². The van der Waals surface area contributed by atoms with Crippen molar-refractivity contribution in [3.8, 4) is 5.82 Å². The third kappa shape index (κ3) is 3.09. The molecule has 0 aliphatic carbocycles. The van der Waals surface area contributed by atoms with Gasteiger partial charge in [-0.1, -0.05) is 0 Å². The van der Waals surface area contributed by atoms with Gasteiger partial charge in [-0.05, 0) is 36.8 Å². The molecule has 8 nitrogen and oxygen atoms in total. The minimum absolute atomic E-state index is 0.197. The molecule has 1 N–H and O–H groups in total. The molecule has 0 unspecified atom stereocenters. The molecule has 1 amide bonds. The van der Waals surface area contributed by atoms with E-state index in [0.717, 1.165) is 16.9 Å². The minimum Gasteiger partial charge on any atom is -0.346 e. The molecule has 0 aliphatic heterocycles. The zero-order valence-electron chi connectivity index (χ0n) is 13.5. The lowest BCUT2D eigenvalue weighted by Crippen LogP contribution is -2.23. The molecule has 4 aromatic rings. The van der Waals surface area contributed by atoms with Gasteiger partial charge >= 0.3 is 0 Å². The number of rotatable bonds is 4. The molecule has 4 aromatic heterocycles. The Balaban J connectivity index is 1.49. The number of fused-ring (bicyclic) bond motifs is 1. The number of nitrogens with zero attached hydrogens (tertiary/aromatic N) is 6. The van der Waals surface area contributed by atoms with Crippen molar-refractivity contribution in [2.24, 2.45) is 0 Å². The fraction of sp³-hybridized carbons (Fsp3) is 0.118. The molecule has 4 rings (SSSR count). The van der Waals surface area contributed by atoms with Gasteiger partial charge in [0, 0.05) is 24.2 Å². The van der Waals surface area contributed by atoms with Crippen LogP contribution in [0.4, 0.5) is 0 Å². The van der Waals surface area contributed by atoms with Crippen LogP contribution < -0.4 is 5.32 Å². The normalized spacial score (nSPS) is 10.9. The molecular formula is C17H15N7O. The van der Waals surface area contributed by atoms with Gasteiger partial charge in [-0.2, -0.15) is 5.10 Å². The summed E-state index contributed by atoms with van der Waals surface area (Å²) < 4.78 is 3.44. The van der Waals surface area contributed by atoms with Gasteiger partial charge in [-0.15, -0.1) is 0 Å². The predicted octanol–water partition coefficient (Wildman–Crippen LogP) is 1.55. The Labute approximate surface area is 143 Å². The van der Waals surface area contributed by atoms with Crippen LogP contribution in [0, 0.1) is 6.92 Å². The molecule has 0 aliphatic rings. The summed E-state index contributed by atoms with van der Waals surface area (Å²) in [4.78, 5) is 25.0. The van der Waals surface area contributed by atoms with Gasteiger partial charge in [0.2, 0.25) is 0 Å². The average molecular weight is 333 g/mol. The quantitative estimate of drug-likeness (QED) is 0.612. The summed E-state index contributed by atoms with van der Waals surface area (Å²) >= 11 is 0. The van der Waals surface area contributed by atoms with Crippen molar-refractivity contribution >= 4 is 11.6 Å². The molecule has 25 heavy (non-hydrogen) atoms. The molecule has 0 fully saturated rings. The maximum Gasteiger partial charge on any atom is 0.251 e. The number of aromatic nitrogens is 6. The van der Waals surface area contributed by atoms with Gasteiger partial charge in [0.05, 0.1) is 12.2 Å². The zero-order valence-corrected chi connectivity index (χ0v) is 13.5. The Hall–Kier alpha value is -3.55. The zero-order chi connectivity index (χ0) is 17.2. The van der Waals surface area contributed by atoms with Crippen molar-refractivity contribution in [3.05, 3.63) is 72.3 Å². The summed E-state index contributed by atoms with van der Waals surface area (Å²) in [5.74, 6) is 0.338. The number of carbonyl (C=O) groups excluding carboxylic acids is 1. The molecule has 4 heterocycles. The van der Waals surface area contributed by atoms with E-state index in [0.29, 0.717) is 17.9 Å². The smallest absolute Gasteiger partial charge is 0.251 e. The van der Waals surface area contributed by atoms with E-state index >= 15 is 0 Å². The topological polar surface area (TPSA) is 90.0 Å². The first-order valence-electron chi connectivity index (χ1n) is 7.72. The number of pyridine rings is 2. The maximum absolute atomic E-state index is 12.4. The van der Waals surface area contributed by atoms with Gasteiger partial charge < -0.3 is 9.72 Å². The first-order chi connectivity index (χ1) is 12.2. The fourth-order valence-corrected chi connectivity index (χ4v) is 2.51. The van der Waals surface area contributed by atoms with Crippen LogP contribution in [0.5, 0.6) is 0 Å². The highest BCUT2D eigenvalue weighted by molar-refractivity contribution is 5.94. The molecule has 0 aromatic carbocycles. The molecule has 124 valence electrons. The highest BCUT2D eigenvalue weighted by Crippen LogP contribution is 2.09. The fourth-order valence-electron chi connectivity index (χ4n) is 2.51. The average Bonchev–Trinajstić information content (AvgIpc) is 3.29. The lowest BCUT2D eigenvalue weighted by molar-refractivity contribution is 0.0950. The van der Waals surface area contributed by atoms with E-state index in [9.17, 15) is 4.79 Å². The van der Waals surface area contributed by atoms with E-state index < -0.39 is 0 Å². The van der Waals surface area contributed by atoms with Crippen LogP contribution in [0.1, 0.15) is 21.6 Å². The molecule has 8 heteroatoms. The Kier molecular flexibility index (Phi) is 3.70. The Morgan fingerprint density at radius 2 is 2.20 bits per heavy atom. The maximum atomic E-state index is 12.4. The van der Waals surface area contributed by atoms with Crippen LogP contribution in [-0.2, 0) is 6.54 Å². The molecular weight excluding hydrogens is 318 g/mol. The van der Waals surface area contributed by atoms with Gasteiger partial charge in [-0.3, -0.25) is 4.79 Å². The van der Waals surface area contributed by atoms with Crippen molar-refractivity contribution in [2.75, 3.05) is 0 Å². The summed E-state index contributed by atoms with van der Waals surface area (Å²) in [6.45, 7) is 2.37. The van der Waals surface area contributed by atoms with Crippen molar-refractivity contribution in [1.29, 1.82) is 0 Å². The van der Waals surface area contributed by atoms with Crippen LogP contribution in [0.25, 0.3) is 11.5 Å². The molecule has 0 saturated heterocycles. The van der Waals surface area contributed by atoms with Gasteiger partial charge in [0.25, 0.3) is 5.91 Å². The van der Waals surface area contributed by atoms with Crippen molar-refractivity contribution in [1.82, 2.24) is 34.4 Å². The molecule has 0 radical (unpaired) electrons. The van der Waals surface area contributed by atoms with Crippen LogP contribution in [0.15, 0.2) is 55.5 Å². The second-order valence-corrected chi connectivity index (χ2v) is 5.63. The van der Waals surface area contributed by atoms with E-state index in [1.54, 1.807) is 18.3 Å². The van der Waals surface area contributed by atoms with E-state index in [4.69, 9.17) is 0 Å². The summed E-state index contributed by atoms with van der Waals surface area (Å²) in [6, 6.07) is 7.33. The van der Waals surface area contributed by atoms with Gasteiger partial charge in [-0.25, -0.2) is 19.6 Å².